The quantitative estimate of drug-likeness (QED) is 0.439. The van der Waals surface area contributed by atoms with Crippen molar-refractivity contribution in [3.8, 4) is 0 Å². The third-order valence-corrected chi connectivity index (χ3v) is 8.00. The number of carbonyl (C=O) groups excluding carboxylic acids is 1. The van der Waals surface area contributed by atoms with E-state index >= 15 is 0 Å². The lowest BCUT2D eigenvalue weighted by Gasteiger charge is -2.08. The summed E-state index contributed by atoms with van der Waals surface area (Å²) in [5.74, 6) is -0.422. The molecule has 0 unspecified atom stereocenters. The molecule has 4 aromatic rings. The van der Waals surface area contributed by atoms with E-state index in [2.05, 4.69) is 9.71 Å². The highest BCUT2D eigenvalue weighted by molar-refractivity contribution is 7.92. The molecule has 0 bridgehead atoms. The van der Waals surface area contributed by atoms with Gasteiger partial charge in [0.1, 0.15) is 0 Å². The number of rotatable bonds is 4. The summed E-state index contributed by atoms with van der Waals surface area (Å²) in [6.07, 6.45) is 0. The second kappa shape index (κ2) is 8.54. The van der Waals surface area contributed by atoms with Crippen LogP contribution in [-0.4, -0.2) is 18.9 Å². The SMILES string of the molecule is Cc1ccc(S(=O)(=O)Nc2ccc(C(=O)N=c3sc4c(Cl)ccc(C)c4n3C)cc2)cc1. The van der Waals surface area contributed by atoms with Crippen LogP contribution in [0, 0.1) is 13.8 Å². The maximum absolute atomic E-state index is 12.7. The molecule has 0 aliphatic carbocycles. The average molecular weight is 486 g/mol. The number of hydrogen-bond acceptors (Lipinski definition) is 4. The molecule has 0 aliphatic heterocycles. The van der Waals surface area contributed by atoms with Crippen LogP contribution in [0.4, 0.5) is 5.69 Å². The molecule has 0 spiro atoms. The van der Waals surface area contributed by atoms with Gasteiger partial charge in [-0.2, -0.15) is 4.99 Å². The standard InChI is InChI=1S/C23H20ClN3O3S2/c1-14-4-11-18(12-5-14)32(29,30)26-17-9-7-16(8-10-17)22(28)25-23-27(3)20-15(2)6-13-19(24)21(20)31-23/h4-13,26H,1-3H3. The summed E-state index contributed by atoms with van der Waals surface area (Å²) in [6, 6.07) is 16.5. The molecule has 164 valence electrons. The lowest BCUT2D eigenvalue weighted by atomic mass is 10.2. The smallest absolute Gasteiger partial charge is 0.279 e. The summed E-state index contributed by atoms with van der Waals surface area (Å²) in [4.78, 5) is 17.7. The van der Waals surface area contributed by atoms with Crippen molar-refractivity contribution in [1.82, 2.24) is 4.57 Å². The minimum Gasteiger partial charge on any atom is -0.319 e. The van der Waals surface area contributed by atoms with Gasteiger partial charge < -0.3 is 4.57 Å². The van der Waals surface area contributed by atoms with Gasteiger partial charge in [-0.05, 0) is 61.9 Å². The lowest BCUT2D eigenvalue weighted by Crippen LogP contribution is -2.14. The molecule has 0 aliphatic rings. The molecule has 4 rings (SSSR count). The van der Waals surface area contributed by atoms with E-state index in [4.69, 9.17) is 11.6 Å². The van der Waals surface area contributed by atoms with E-state index in [0.717, 1.165) is 21.3 Å². The number of thiazole rings is 1. The third kappa shape index (κ3) is 4.34. The lowest BCUT2D eigenvalue weighted by molar-refractivity contribution is 0.0998. The van der Waals surface area contributed by atoms with E-state index in [9.17, 15) is 13.2 Å². The van der Waals surface area contributed by atoms with Gasteiger partial charge in [0.15, 0.2) is 4.80 Å². The molecule has 3 aromatic carbocycles. The number of aromatic nitrogens is 1. The largest absolute Gasteiger partial charge is 0.319 e. The zero-order valence-corrected chi connectivity index (χ0v) is 20.0. The summed E-state index contributed by atoms with van der Waals surface area (Å²) in [5.41, 5.74) is 3.66. The number of fused-ring (bicyclic) bond motifs is 1. The van der Waals surface area contributed by atoms with Crippen LogP contribution in [0.3, 0.4) is 0 Å². The van der Waals surface area contributed by atoms with E-state index in [0.29, 0.717) is 21.1 Å². The van der Waals surface area contributed by atoms with Gasteiger partial charge in [0.2, 0.25) is 0 Å². The molecule has 1 aromatic heterocycles. The first-order valence-corrected chi connectivity index (χ1v) is 12.4. The normalized spacial score (nSPS) is 12.3. The van der Waals surface area contributed by atoms with Crippen molar-refractivity contribution in [2.45, 2.75) is 18.7 Å². The zero-order chi connectivity index (χ0) is 23.0. The Morgan fingerprint density at radius 2 is 1.66 bits per heavy atom. The first-order chi connectivity index (χ1) is 15.2. The number of halogens is 1. The monoisotopic (exact) mass is 485 g/mol. The van der Waals surface area contributed by atoms with Crippen molar-refractivity contribution in [2.75, 3.05) is 4.72 Å². The molecule has 32 heavy (non-hydrogen) atoms. The first kappa shape index (κ1) is 22.3. The fourth-order valence-electron chi connectivity index (χ4n) is 3.28. The Hall–Kier alpha value is -2.94. The number of amides is 1. The maximum Gasteiger partial charge on any atom is 0.279 e. The summed E-state index contributed by atoms with van der Waals surface area (Å²) in [6.45, 7) is 3.87. The highest BCUT2D eigenvalue weighted by Gasteiger charge is 2.15. The van der Waals surface area contributed by atoms with Crippen LogP contribution in [0.2, 0.25) is 5.02 Å². The van der Waals surface area contributed by atoms with Gasteiger partial charge in [0.05, 0.1) is 20.1 Å². The predicted molar refractivity (Wildman–Crippen MR) is 129 cm³/mol. The van der Waals surface area contributed by atoms with E-state index in [1.54, 1.807) is 48.5 Å². The Bertz CT molecular complexity index is 1500. The second-order valence-electron chi connectivity index (χ2n) is 7.40. The Morgan fingerprint density at radius 3 is 2.28 bits per heavy atom. The summed E-state index contributed by atoms with van der Waals surface area (Å²) in [7, 11) is -1.87. The van der Waals surface area contributed by atoms with Crippen molar-refractivity contribution < 1.29 is 13.2 Å². The maximum atomic E-state index is 12.7. The molecule has 0 saturated heterocycles. The molecule has 1 N–H and O–H groups in total. The molecule has 0 saturated carbocycles. The van der Waals surface area contributed by atoms with Crippen LogP contribution < -0.4 is 9.52 Å². The van der Waals surface area contributed by atoms with Crippen LogP contribution in [0.25, 0.3) is 10.2 Å². The molecule has 0 fully saturated rings. The van der Waals surface area contributed by atoms with Crippen molar-refractivity contribution in [1.29, 1.82) is 0 Å². The minimum atomic E-state index is -3.71. The van der Waals surface area contributed by atoms with E-state index in [-0.39, 0.29) is 4.90 Å². The van der Waals surface area contributed by atoms with E-state index < -0.39 is 15.9 Å². The Morgan fingerprint density at radius 1 is 1.00 bits per heavy atom. The van der Waals surface area contributed by atoms with Gasteiger partial charge in [-0.25, -0.2) is 8.42 Å². The minimum absolute atomic E-state index is 0.171. The van der Waals surface area contributed by atoms with Crippen LogP contribution in [0.15, 0.2) is 70.6 Å². The second-order valence-corrected chi connectivity index (χ2v) is 10.5. The van der Waals surface area contributed by atoms with Gasteiger partial charge in [0.25, 0.3) is 15.9 Å². The van der Waals surface area contributed by atoms with Crippen LogP contribution in [0.5, 0.6) is 0 Å². The van der Waals surface area contributed by atoms with Crippen molar-refractivity contribution in [2.24, 2.45) is 12.0 Å². The zero-order valence-electron chi connectivity index (χ0n) is 17.6. The first-order valence-electron chi connectivity index (χ1n) is 9.69. The molecule has 6 nitrogen and oxygen atoms in total. The van der Waals surface area contributed by atoms with Gasteiger partial charge in [0, 0.05) is 18.3 Å². The number of sulfonamides is 1. The van der Waals surface area contributed by atoms with Crippen molar-refractivity contribution in [3.05, 3.63) is 87.2 Å². The van der Waals surface area contributed by atoms with Crippen LogP contribution in [-0.2, 0) is 17.1 Å². The van der Waals surface area contributed by atoms with Crippen molar-refractivity contribution in [3.63, 3.8) is 0 Å². The number of nitrogens with zero attached hydrogens (tertiary/aromatic N) is 2. The number of hydrogen-bond donors (Lipinski definition) is 1. The number of nitrogens with one attached hydrogen (secondary N) is 1. The molecule has 1 heterocycles. The van der Waals surface area contributed by atoms with Crippen LogP contribution in [0.1, 0.15) is 21.5 Å². The number of carbonyl (C=O) groups is 1. The molecule has 0 atom stereocenters. The van der Waals surface area contributed by atoms with Crippen molar-refractivity contribution >= 4 is 54.8 Å². The number of anilines is 1. The number of benzene rings is 3. The fraction of sp³-hybridized carbons (Fsp3) is 0.130. The van der Waals surface area contributed by atoms with E-state index in [1.807, 2.05) is 37.6 Å². The van der Waals surface area contributed by atoms with Gasteiger partial charge >= 0.3 is 0 Å². The molecular formula is C23H20ClN3O3S2. The highest BCUT2D eigenvalue weighted by atomic mass is 35.5. The van der Waals surface area contributed by atoms with Gasteiger partial charge in [-0.15, -0.1) is 0 Å². The Labute approximate surface area is 194 Å². The summed E-state index contributed by atoms with van der Waals surface area (Å²) >= 11 is 7.65. The Balaban J connectivity index is 1.60. The summed E-state index contributed by atoms with van der Waals surface area (Å²) in [5, 5.41) is 0.616. The summed E-state index contributed by atoms with van der Waals surface area (Å²) < 4.78 is 30.3. The van der Waals surface area contributed by atoms with Gasteiger partial charge in [-0.3, -0.25) is 9.52 Å². The molecule has 1 amide bonds. The fourth-order valence-corrected chi connectivity index (χ4v) is 5.70. The van der Waals surface area contributed by atoms with Crippen LogP contribution >= 0.6 is 22.9 Å². The van der Waals surface area contributed by atoms with E-state index in [1.165, 1.54) is 11.3 Å². The molecule has 9 heteroatoms. The highest BCUT2D eigenvalue weighted by Crippen LogP contribution is 2.28. The predicted octanol–water partition coefficient (Wildman–Crippen LogP) is 5.05. The third-order valence-electron chi connectivity index (χ3n) is 5.01. The van der Waals surface area contributed by atoms with Gasteiger partial charge in [-0.1, -0.05) is 46.7 Å². The Kier molecular flexibility index (Phi) is 5.94. The topological polar surface area (TPSA) is 80.5 Å². The molecular weight excluding hydrogens is 466 g/mol. The number of aryl methyl sites for hydroxylation is 3. The average Bonchev–Trinajstić information content (AvgIpc) is 3.08. The molecule has 0 radical (unpaired) electrons.